The smallest absolute Gasteiger partial charge is 0.175 e. The number of nitrogens with one attached hydrogen (secondary N) is 1. The highest BCUT2D eigenvalue weighted by atomic mass is 32.2. The van der Waals surface area contributed by atoms with Crippen molar-refractivity contribution in [1.82, 2.24) is 0 Å². The standard InChI is InChI=1S/C16H15NO2S2/c1-21(18,19)14-8-6-13(7-9-14)17-10-12-11-20-16-5-3-2-4-15(12)16/h2-9,11,17H,10H2,1H3. The third-order valence-corrected chi connectivity index (χ3v) is 5.47. The van der Waals surface area contributed by atoms with Crippen molar-refractivity contribution in [2.45, 2.75) is 11.4 Å². The van der Waals surface area contributed by atoms with Crippen LogP contribution in [0.1, 0.15) is 5.56 Å². The highest BCUT2D eigenvalue weighted by Crippen LogP contribution is 2.26. The molecule has 3 rings (SSSR count). The molecular weight excluding hydrogens is 302 g/mol. The molecule has 0 aliphatic heterocycles. The average molecular weight is 317 g/mol. The van der Waals surface area contributed by atoms with E-state index in [4.69, 9.17) is 0 Å². The molecule has 0 aliphatic rings. The molecule has 0 spiro atoms. The van der Waals surface area contributed by atoms with Gasteiger partial charge in [-0.3, -0.25) is 0 Å². The van der Waals surface area contributed by atoms with E-state index in [-0.39, 0.29) is 0 Å². The van der Waals surface area contributed by atoms with Gasteiger partial charge in [-0.1, -0.05) is 18.2 Å². The molecule has 0 atom stereocenters. The number of benzene rings is 2. The number of hydrogen-bond donors (Lipinski definition) is 1. The Hall–Kier alpha value is -1.85. The molecule has 0 unspecified atom stereocenters. The molecule has 1 N–H and O–H groups in total. The predicted molar refractivity (Wildman–Crippen MR) is 88.7 cm³/mol. The Morgan fingerprint density at radius 1 is 1.05 bits per heavy atom. The number of rotatable bonds is 4. The first-order chi connectivity index (χ1) is 10.0. The summed E-state index contributed by atoms with van der Waals surface area (Å²) in [7, 11) is -3.13. The third kappa shape index (κ3) is 3.09. The molecule has 5 heteroatoms. The lowest BCUT2D eigenvalue weighted by molar-refractivity contribution is 0.602. The van der Waals surface area contributed by atoms with Crippen LogP contribution in [0.4, 0.5) is 5.69 Å². The van der Waals surface area contributed by atoms with Crippen LogP contribution in [0.25, 0.3) is 10.1 Å². The first-order valence-corrected chi connectivity index (χ1v) is 9.30. The van der Waals surface area contributed by atoms with Crippen molar-refractivity contribution < 1.29 is 8.42 Å². The van der Waals surface area contributed by atoms with Gasteiger partial charge in [-0.15, -0.1) is 11.3 Å². The molecule has 0 aliphatic carbocycles. The van der Waals surface area contributed by atoms with Crippen molar-refractivity contribution in [1.29, 1.82) is 0 Å². The van der Waals surface area contributed by atoms with Crippen molar-refractivity contribution in [3.8, 4) is 0 Å². The zero-order chi connectivity index (χ0) is 14.9. The van der Waals surface area contributed by atoms with Crippen LogP contribution in [0.15, 0.2) is 58.8 Å². The largest absolute Gasteiger partial charge is 0.381 e. The van der Waals surface area contributed by atoms with Gasteiger partial charge in [0.25, 0.3) is 0 Å². The molecule has 1 aromatic heterocycles. The summed E-state index contributed by atoms with van der Waals surface area (Å²) in [5.41, 5.74) is 2.17. The monoisotopic (exact) mass is 317 g/mol. The van der Waals surface area contributed by atoms with E-state index >= 15 is 0 Å². The van der Waals surface area contributed by atoms with E-state index in [1.54, 1.807) is 35.6 Å². The maximum atomic E-state index is 11.4. The predicted octanol–water partition coefficient (Wildman–Crippen LogP) is 3.92. The van der Waals surface area contributed by atoms with Gasteiger partial charge in [0.05, 0.1) is 4.90 Å². The van der Waals surface area contributed by atoms with E-state index in [1.165, 1.54) is 21.9 Å². The molecule has 3 aromatic rings. The summed E-state index contributed by atoms with van der Waals surface area (Å²) in [5, 5.41) is 6.75. The molecule has 0 amide bonds. The molecule has 3 nitrogen and oxygen atoms in total. The Bertz CT molecular complexity index is 865. The Labute approximate surface area is 128 Å². The van der Waals surface area contributed by atoms with Crippen LogP contribution in [-0.2, 0) is 16.4 Å². The lowest BCUT2D eigenvalue weighted by Gasteiger charge is -2.06. The first kappa shape index (κ1) is 14.1. The van der Waals surface area contributed by atoms with Gasteiger partial charge >= 0.3 is 0 Å². The molecule has 0 fully saturated rings. The van der Waals surface area contributed by atoms with Crippen LogP contribution >= 0.6 is 11.3 Å². The summed E-state index contributed by atoms with van der Waals surface area (Å²) in [6.45, 7) is 0.724. The van der Waals surface area contributed by atoms with Crippen molar-refractivity contribution in [2.75, 3.05) is 11.6 Å². The topological polar surface area (TPSA) is 46.2 Å². The molecule has 21 heavy (non-hydrogen) atoms. The van der Waals surface area contributed by atoms with Crippen molar-refractivity contribution >= 4 is 36.9 Å². The van der Waals surface area contributed by atoms with Gasteiger partial charge in [0, 0.05) is 23.2 Å². The molecule has 0 radical (unpaired) electrons. The van der Waals surface area contributed by atoms with E-state index < -0.39 is 9.84 Å². The van der Waals surface area contributed by atoms with E-state index in [0.717, 1.165) is 12.2 Å². The molecule has 108 valence electrons. The van der Waals surface area contributed by atoms with Gasteiger partial charge in [-0.25, -0.2) is 8.42 Å². The van der Waals surface area contributed by atoms with Crippen molar-refractivity contribution in [3.05, 3.63) is 59.5 Å². The second kappa shape index (κ2) is 5.50. The first-order valence-electron chi connectivity index (χ1n) is 6.53. The van der Waals surface area contributed by atoms with Crippen LogP contribution in [0.3, 0.4) is 0 Å². The van der Waals surface area contributed by atoms with Crippen LogP contribution < -0.4 is 5.32 Å². The van der Waals surface area contributed by atoms with Crippen LogP contribution in [0.2, 0.25) is 0 Å². The molecule has 0 bridgehead atoms. The Kier molecular flexibility index (Phi) is 3.69. The molecule has 0 saturated heterocycles. The quantitative estimate of drug-likeness (QED) is 0.793. The van der Waals surface area contributed by atoms with E-state index in [9.17, 15) is 8.42 Å². The minimum absolute atomic E-state index is 0.342. The number of hydrogen-bond acceptors (Lipinski definition) is 4. The van der Waals surface area contributed by atoms with Crippen LogP contribution in [-0.4, -0.2) is 14.7 Å². The molecule has 2 aromatic carbocycles. The number of thiophene rings is 1. The summed E-state index contributed by atoms with van der Waals surface area (Å²) in [4.78, 5) is 0.342. The normalized spacial score (nSPS) is 11.7. The Morgan fingerprint density at radius 3 is 2.48 bits per heavy atom. The van der Waals surface area contributed by atoms with Gasteiger partial charge in [-0.05, 0) is 46.7 Å². The number of sulfone groups is 1. The fourth-order valence-electron chi connectivity index (χ4n) is 2.19. The maximum Gasteiger partial charge on any atom is 0.175 e. The summed E-state index contributed by atoms with van der Waals surface area (Å²) in [6.07, 6.45) is 1.22. The number of anilines is 1. The van der Waals surface area contributed by atoms with E-state index in [0.29, 0.717) is 4.90 Å². The van der Waals surface area contributed by atoms with E-state index in [1.807, 2.05) is 12.1 Å². The van der Waals surface area contributed by atoms with Gasteiger partial charge in [0.15, 0.2) is 9.84 Å². The second-order valence-corrected chi connectivity index (χ2v) is 7.83. The van der Waals surface area contributed by atoms with Gasteiger partial charge in [0.1, 0.15) is 0 Å². The fraction of sp³-hybridized carbons (Fsp3) is 0.125. The van der Waals surface area contributed by atoms with Crippen LogP contribution in [0, 0.1) is 0 Å². The van der Waals surface area contributed by atoms with Crippen LogP contribution in [0.5, 0.6) is 0 Å². The Morgan fingerprint density at radius 2 is 1.76 bits per heavy atom. The zero-order valence-corrected chi connectivity index (χ0v) is 13.2. The van der Waals surface area contributed by atoms with Gasteiger partial charge in [-0.2, -0.15) is 0 Å². The molecule has 0 saturated carbocycles. The highest BCUT2D eigenvalue weighted by Gasteiger charge is 2.06. The van der Waals surface area contributed by atoms with Crippen molar-refractivity contribution in [3.63, 3.8) is 0 Å². The van der Waals surface area contributed by atoms with E-state index in [2.05, 4.69) is 22.8 Å². The highest BCUT2D eigenvalue weighted by molar-refractivity contribution is 7.90. The number of fused-ring (bicyclic) bond motifs is 1. The lowest BCUT2D eigenvalue weighted by atomic mass is 10.2. The van der Waals surface area contributed by atoms with Gasteiger partial charge < -0.3 is 5.32 Å². The third-order valence-electron chi connectivity index (χ3n) is 3.33. The molecule has 1 heterocycles. The summed E-state index contributed by atoms with van der Waals surface area (Å²) >= 11 is 1.74. The summed E-state index contributed by atoms with van der Waals surface area (Å²) in [6, 6.07) is 15.2. The zero-order valence-electron chi connectivity index (χ0n) is 11.5. The lowest BCUT2D eigenvalue weighted by Crippen LogP contribution is -2.00. The van der Waals surface area contributed by atoms with Gasteiger partial charge in [0.2, 0.25) is 0 Å². The second-order valence-electron chi connectivity index (χ2n) is 4.91. The molecular formula is C16H15NO2S2. The summed E-state index contributed by atoms with van der Waals surface area (Å²) in [5.74, 6) is 0. The maximum absolute atomic E-state index is 11.4. The summed E-state index contributed by atoms with van der Waals surface area (Å²) < 4.78 is 24.1. The average Bonchev–Trinajstić information content (AvgIpc) is 2.88. The minimum atomic E-state index is -3.13. The fourth-order valence-corrected chi connectivity index (χ4v) is 3.78. The Balaban J connectivity index is 1.76. The minimum Gasteiger partial charge on any atom is -0.381 e. The SMILES string of the molecule is CS(=O)(=O)c1ccc(NCc2csc3ccccc23)cc1. The van der Waals surface area contributed by atoms with Crippen molar-refractivity contribution in [2.24, 2.45) is 0 Å².